The number of hydrogen-bond donors (Lipinski definition) is 0. The van der Waals surface area contributed by atoms with Crippen LogP contribution in [0.3, 0.4) is 0 Å². The average Bonchev–Trinajstić information content (AvgIpc) is 2.15. The van der Waals surface area contributed by atoms with E-state index >= 15 is 0 Å². The van der Waals surface area contributed by atoms with Gasteiger partial charge in [0, 0.05) is 0 Å². The molecule has 0 aromatic heterocycles. The number of nitrogens with zero attached hydrogens (tertiary/aromatic N) is 1. The van der Waals surface area contributed by atoms with Gasteiger partial charge < -0.3 is 0 Å². The van der Waals surface area contributed by atoms with Crippen molar-refractivity contribution in [2.45, 2.75) is 8.69 Å². The lowest BCUT2D eigenvalue weighted by molar-refractivity contribution is -0.388. The van der Waals surface area contributed by atoms with Gasteiger partial charge in [-0.15, -0.1) is 0 Å². The van der Waals surface area contributed by atoms with Crippen molar-refractivity contribution < 1.29 is 4.92 Å². The lowest BCUT2D eigenvalue weighted by atomic mass is 10.2. The minimum absolute atomic E-state index is 0.00292. The molecule has 0 aliphatic carbocycles. The second-order valence-electron chi connectivity index (χ2n) is 2.48. The molecule has 0 saturated heterocycles. The van der Waals surface area contributed by atoms with Crippen LogP contribution in [-0.4, -0.2) is 4.92 Å². The van der Waals surface area contributed by atoms with Crippen molar-refractivity contribution in [3.8, 4) is 0 Å². The highest BCUT2D eigenvalue weighted by Crippen LogP contribution is 2.46. The van der Waals surface area contributed by atoms with E-state index in [1.54, 1.807) is 0 Å². The molecule has 3 nitrogen and oxygen atoms in total. The molecule has 0 N–H and O–H groups in total. The molecule has 15 heavy (non-hydrogen) atoms. The maximum atomic E-state index is 10.8. The summed E-state index contributed by atoms with van der Waals surface area (Å²) in [5.74, 6) is 0. The molecule has 0 radical (unpaired) electrons. The highest BCUT2D eigenvalue weighted by molar-refractivity contribution is 8.21. The van der Waals surface area contributed by atoms with E-state index in [1.807, 2.05) is 0 Å². The summed E-state index contributed by atoms with van der Waals surface area (Å²) in [6, 6.07) is 4.40. The largest absolute Gasteiger partial charge is 0.291 e. The van der Waals surface area contributed by atoms with Crippen molar-refractivity contribution >= 4 is 62.1 Å². The van der Waals surface area contributed by atoms with Gasteiger partial charge in [0.2, 0.25) is 3.79 Å². The van der Waals surface area contributed by atoms with Crippen LogP contribution in [0.1, 0.15) is 5.56 Å². The third-order valence-electron chi connectivity index (χ3n) is 1.57. The van der Waals surface area contributed by atoms with Crippen LogP contribution in [0.4, 0.5) is 5.69 Å². The zero-order valence-corrected chi connectivity index (χ0v) is 10.8. The minimum atomic E-state index is -1.84. The highest BCUT2D eigenvalue weighted by Gasteiger charge is 2.33. The quantitative estimate of drug-likeness (QED) is 0.453. The molecule has 0 aliphatic heterocycles. The Labute approximate surface area is 109 Å². The Hall–Kier alpha value is 0.130. The van der Waals surface area contributed by atoms with Crippen molar-refractivity contribution in [3.63, 3.8) is 0 Å². The van der Waals surface area contributed by atoms with Gasteiger partial charge in [0.15, 0.2) is 0 Å². The first kappa shape index (κ1) is 13.2. The molecular formula is C7H3Cl4NO2S. The predicted octanol–water partition coefficient (Wildman–Crippen LogP) is 4.67. The number of para-hydroxylation sites is 1. The molecule has 0 unspecified atom stereocenters. The van der Waals surface area contributed by atoms with Crippen molar-refractivity contribution in [2.24, 2.45) is 0 Å². The summed E-state index contributed by atoms with van der Waals surface area (Å²) in [6.07, 6.45) is 0. The zero-order valence-electron chi connectivity index (χ0n) is 6.92. The second-order valence-corrected chi connectivity index (χ2v) is 5.82. The van der Waals surface area contributed by atoms with Gasteiger partial charge in [-0.25, -0.2) is 0 Å². The maximum absolute atomic E-state index is 10.8. The Morgan fingerprint density at radius 2 is 1.93 bits per heavy atom. The van der Waals surface area contributed by atoms with Crippen LogP contribution in [0.15, 0.2) is 23.1 Å². The van der Waals surface area contributed by atoms with Crippen LogP contribution in [0.2, 0.25) is 0 Å². The molecule has 1 rings (SSSR count). The smallest absolute Gasteiger partial charge is 0.258 e. The van der Waals surface area contributed by atoms with Crippen LogP contribution in [0.5, 0.6) is 0 Å². The van der Waals surface area contributed by atoms with E-state index < -0.39 is 8.72 Å². The number of nitro benzene ring substituents is 1. The summed E-state index contributed by atoms with van der Waals surface area (Å²) < 4.78 is -1.84. The normalized spacial score (nSPS) is 11.5. The van der Waals surface area contributed by atoms with Gasteiger partial charge in [-0.3, -0.25) is 10.1 Å². The molecule has 0 heterocycles. The van der Waals surface area contributed by atoms with Crippen molar-refractivity contribution in [1.82, 2.24) is 0 Å². The number of alkyl halides is 3. The number of halogens is 4. The highest BCUT2D eigenvalue weighted by atomic mass is 35.7. The Kier molecular flexibility index (Phi) is 4.38. The molecule has 8 heteroatoms. The van der Waals surface area contributed by atoms with Crippen LogP contribution < -0.4 is 0 Å². The summed E-state index contributed by atoms with van der Waals surface area (Å²) in [5.41, 5.74) is -0.277. The standard InChI is InChI=1S/C7H3Cl4NO2S/c8-7(9,10)4-2-1-3-5(15-11)6(4)12(13)14/h1-3H. The molecule has 0 saturated carbocycles. The molecule has 0 amide bonds. The molecule has 1 aromatic rings. The van der Waals surface area contributed by atoms with E-state index in [1.165, 1.54) is 18.2 Å². The lowest BCUT2D eigenvalue weighted by Gasteiger charge is -2.12. The van der Waals surface area contributed by atoms with Crippen LogP contribution in [0, 0.1) is 10.1 Å². The van der Waals surface area contributed by atoms with E-state index in [-0.39, 0.29) is 16.1 Å². The predicted molar refractivity (Wildman–Crippen MR) is 64.0 cm³/mol. The van der Waals surface area contributed by atoms with E-state index in [0.29, 0.717) is 11.0 Å². The average molecular weight is 307 g/mol. The van der Waals surface area contributed by atoms with Crippen molar-refractivity contribution in [2.75, 3.05) is 0 Å². The van der Waals surface area contributed by atoms with E-state index in [9.17, 15) is 10.1 Å². The van der Waals surface area contributed by atoms with Gasteiger partial charge in [0.1, 0.15) is 4.90 Å². The van der Waals surface area contributed by atoms with Crippen LogP contribution >= 0.6 is 56.5 Å². The summed E-state index contributed by atoms with van der Waals surface area (Å²) >= 11 is 16.8. The minimum Gasteiger partial charge on any atom is -0.258 e. The Balaban J connectivity index is 3.46. The summed E-state index contributed by atoms with van der Waals surface area (Å²) in [4.78, 5) is 10.4. The molecule has 0 spiro atoms. The fraction of sp³-hybridized carbons (Fsp3) is 0.143. The third-order valence-corrected chi connectivity index (χ3v) is 3.18. The molecule has 1 aromatic carbocycles. The molecule has 0 aliphatic rings. The second kappa shape index (κ2) is 4.97. The first-order valence-electron chi connectivity index (χ1n) is 3.51. The van der Waals surface area contributed by atoms with Gasteiger partial charge in [-0.2, -0.15) is 0 Å². The van der Waals surface area contributed by atoms with Crippen molar-refractivity contribution in [1.29, 1.82) is 0 Å². The number of hydrogen-bond acceptors (Lipinski definition) is 3. The van der Waals surface area contributed by atoms with E-state index in [0.717, 1.165) is 0 Å². The summed E-state index contributed by atoms with van der Waals surface area (Å²) in [6.45, 7) is 0. The summed E-state index contributed by atoms with van der Waals surface area (Å²) in [7, 11) is 6.19. The zero-order chi connectivity index (χ0) is 11.6. The van der Waals surface area contributed by atoms with Gasteiger partial charge in [-0.1, -0.05) is 40.9 Å². The van der Waals surface area contributed by atoms with Gasteiger partial charge in [0.05, 0.1) is 10.5 Å². The Bertz CT molecular complexity index is 393. The molecule has 0 bridgehead atoms. The summed E-state index contributed by atoms with van der Waals surface area (Å²) in [5, 5.41) is 10.8. The number of nitro groups is 1. The van der Waals surface area contributed by atoms with Crippen LogP contribution in [-0.2, 0) is 3.79 Å². The van der Waals surface area contributed by atoms with Crippen molar-refractivity contribution in [3.05, 3.63) is 33.9 Å². The lowest BCUT2D eigenvalue weighted by Crippen LogP contribution is -2.05. The molecular weight excluding hydrogens is 304 g/mol. The first-order chi connectivity index (χ1) is 6.88. The van der Waals surface area contributed by atoms with Crippen LogP contribution in [0.25, 0.3) is 0 Å². The molecule has 0 atom stereocenters. The van der Waals surface area contributed by atoms with E-state index in [2.05, 4.69) is 0 Å². The Morgan fingerprint density at radius 3 is 2.33 bits per heavy atom. The first-order valence-corrected chi connectivity index (χ1v) is 6.28. The third kappa shape index (κ3) is 3.04. The number of rotatable bonds is 2. The van der Waals surface area contributed by atoms with Gasteiger partial charge >= 0.3 is 0 Å². The van der Waals surface area contributed by atoms with Gasteiger partial charge in [0.25, 0.3) is 5.69 Å². The monoisotopic (exact) mass is 305 g/mol. The molecule has 82 valence electrons. The number of benzene rings is 1. The fourth-order valence-corrected chi connectivity index (χ4v) is 2.22. The van der Waals surface area contributed by atoms with E-state index in [4.69, 9.17) is 45.5 Å². The maximum Gasteiger partial charge on any atom is 0.291 e. The topological polar surface area (TPSA) is 43.1 Å². The fourth-order valence-electron chi connectivity index (χ4n) is 1.00. The molecule has 0 fully saturated rings. The van der Waals surface area contributed by atoms with Gasteiger partial charge in [-0.05, 0) is 33.8 Å². The Morgan fingerprint density at radius 1 is 1.33 bits per heavy atom. The SMILES string of the molecule is O=[N+]([O-])c1c(SCl)cccc1C(Cl)(Cl)Cl.